The lowest BCUT2D eigenvalue weighted by atomic mass is 9.97. The molecule has 29 heavy (non-hydrogen) atoms. The van der Waals surface area contributed by atoms with Gasteiger partial charge in [-0.15, -0.1) is 0 Å². The molecule has 1 N–H and O–H groups in total. The number of rotatable bonds is 2. The van der Waals surface area contributed by atoms with Gasteiger partial charge in [-0.2, -0.15) is 0 Å². The second-order valence-corrected chi connectivity index (χ2v) is 9.12. The number of nitrogens with zero attached hydrogens (tertiary/aromatic N) is 3. The maximum Gasteiger partial charge on any atom is 0.203 e. The first-order valence-electron chi connectivity index (χ1n) is 11.3. The van der Waals surface area contributed by atoms with E-state index in [4.69, 9.17) is 28.8 Å². The highest BCUT2D eigenvalue weighted by molar-refractivity contribution is 7.80. The Balaban J connectivity index is 1.62. The largest absolute Gasteiger partial charge is 0.343 e. The van der Waals surface area contributed by atoms with E-state index in [0.29, 0.717) is 16.2 Å². The Hall–Kier alpha value is -1.33. The normalized spacial score (nSPS) is 19.8. The quantitative estimate of drug-likeness (QED) is 0.552. The van der Waals surface area contributed by atoms with E-state index in [-0.39, 0.29) is 0 Å². The molecule has 0 amide bonds. The van der Waals surface area contributed by atoms with Gasteiger partial charge in [-0.3, -0.25) is 9.89 Å². The Bertz CT molecular complexity index is 681. The Labute approximate surface area is 186 Å². The molecule has 2 aliphatic rings. The van der Waals surface area contributed by atoms with Gasteiger partial charge in [0.2, 0.25) is 5.96 Å². The fraction of sp³-hybridized carbons (Fsp3) is 0.652. The lowest BCUT2D eigenvalue weighted by Gasteiger charge is -2.34. The van der Waals surface area contributed by atoms with Crippen molar-refractivity contribution in [3.05, 3.63) is 29.3 Å². The number of hydrogen-bond acceptors (Lipinski definition) is 3. The molecule has 1 aliphatic carbocycles. The molecule has 4 nitrogen and oxygen atoms in total. The first kappa shape index (κ1) is 22.4. The smallest absolute Gasteiger partial charge is 0.203 e. The number of aliphatic imine (C=N–C) groups is 1. The highest BCUT2D eigenvalue weighted by atomic mass is 35.5. The van der Waals surface area contributed by atoms with Crippen LogP contribution < -0.4 is 5.32 Å². The lowest BCUT2D eigenvalue weighted by molar-refractivity contribution is 0.288. The summed E-state index contributed by atoms with van der Waals surface area (Å²) in [5.74, 6) is 1.02. The van der Waals surface area contributed by atoms with Crippen LogP contribution in [-0.2, 0) is 0 Å². The summed E-state index contributed by atoms with van der Waals surface area (Å²) >= 11 is 11.8. The number of thiocarbonyl (C=S) groups is 1. The molecule has 6 heteroatoms. The van der Waals surface area contributed by atoms with Crippen molar-refractivity contribution in [1.82, 2.24) is 9.80 Å². The summed E-state index contributed by atoms with van der Waals surface area (Å²) in [5.41, 5.74) is 0.919. The van der Waals surface area contributed by atoms with Crippen LogP contribution in [0.25, 0.3) is 0 Å². The number of halogens is 1. The first-order valence-corrected chi connectivity index (χ1v) is 12.0. The Kier molecular flexibility index (Phi) is 9.06. The summed E-state index contributed by atoms with van der Waals surface area (Å²) in [6.45, 7) is 1.63. The molecule has 1 aromatic rings. The van der Waals surface area contributed by atoms with Crippen molar-refractivity contribution in [3.63, 3.8) is 0 Å². The molecular formula is C23H35ClN4S. The molecule has 1 heterocycles. The van der Waals surface area contributed by atoms with Gasteiger partial charge in [0.05, 0.1) is 6.54 Å². The van der Waals surface area contributed by atoms with Crippen molar-refractivity contribution in [1.29, 1.82) is 0 Å². The topological polar surface area (TPSA) is 30.9 Å². The number of anilines is 1. The zero-order chi connectivity index (χ0) is 20.5. The summed E-state index contributed by atoms with van der Waals surface area (Å²) in [4.78, 5) is 9.36. The minimum absolute atomic E-state index is 0.544. The van der Waals surface area contributed by atoms with Gasteiger partial charge in [0, 0.05) is 30.3 Å². The molecule has 0 saturated heterocycles. The average Bonchev–Trinajstić information content (AvgIpc) is 3.18. The van der Waals surface area contributed by atoms with Gasteiger partial charge >= 0.3 is 0 Å². The fourth-order valence-corrected chi connectivity index (χ4v) is 4.86. The Morgan fingerprint density at radius 2 is 1.69 bits per heavy atom. The van der Waals surface area contributed by atoms with Crippen molar-refractivity contribution in [2.24, 2.45) is 4.99 Å². The van der Waals surface area contributed by atoms with Crippen LogP contribution in [-0.4, -0.2) is 47.1 Å². The highest BCUT2D eigenvalue weighted by Gasteiger charge is 2.28. The van der Waals surface area contributed by atoms with Crippen LogP contribution in [0.2, 0.25) is 5.02 Å². The number of benzene rings is 1. The molecule has 0 bridgehead atoms. The van der Waals surface area contributed by atoms with E-state index in [1.54, 1.807) is 0 Å². The molecule has 1 aliphatic heterocycles. The van der Waals surface area contributed by atoms with Crippen molar-refractivity contribution in [2.45, 2.75) is 76.7 Å². The first-order chi connectivity index (χ1) is 14.1. The van der Waals surface area contributed by atoms with Crippen LogP contribution in [0, 0.1) is 0 Å². The number of guanidine groups is 1. The van der Waals surface area contributed by atoms with Crippen molar-refractivity contribution in [2.75, 3.05) is 25.5 Å². The number of hydrogen-bond donors (Lipinski definition) is 1. The molecule has 160 valence electrons. The van der Waals surface area contributed by atoms with E-state index in [0.717, 1.165) is 24.7 Å². The summed E-state index contributed by atoms with van der Waals surface area (Å²) in [6, 6.07) is 8.24. The maximum atomic E-state index is 6.12. The molecule has 0 spiro atoms. The van der Waals surface area contributed by atoms with Gasteiger partial charge in [0.1, 0.15) is 0 Å². The summed E-state index contributed by atoms with van der Waals surface area (Å²) in [6.07, 6.45) is 14.8. The second kappa shape index (κ2) is 11.8. The van der Waals surface area contributed by atoms with E-state index < -0.39 is 0 Å². The van der Waals surface area contributed by atoms with Crippen molar-refractivity contribution >= 4 is 40.6 Å². The summed E-state index contributed by atoms with van der Waals surface area (Å²) in [7, 11) is 2.20. The predicted octanol–water partition coefficient (Wildman–Crippen LogP) is 6.31. The summed E-state index contributed by atoms with van der Waals surface area (Å²) in [5, 5.41) is 4.74. The zero-order valence-electron chi connectivity index (χ0n) is 17.7. The molecule has 0 radical (unpaired) electrons. The maximum absolute atomic E-state index is 6.12. The van der Waals surface area contributed by atoms with Crippen molar-refractivity contribution < 1.29 is 0 Å². The highest BCUT2D eigenvalue weighted by Crippen LogP contribution is 2.22. The van der Waals surface area contributed by atoms with E-state index in [9.17, 15) is 0 Å². The standard InChI is InChI=1S/C23H35ClN4S/c1-27(21-14-9-7-5-3-2-4-6-8-10-15-21)22-25-16-17-28(22)23(29)26-20-13-11-12-19(24)18-20/h11-13,18,21H,2-10,14-17H2,1H3,(H,26,29). The molecular weight excluding hydrogens is 400 g/mol. The van der Waals surface area contributed by atoms with Gasteiger partial charge in [-0.1, -0.05) is 75.5 Å². The van der Waals surface area contributed by atoms with Crippen LogP contribution in [0.5, 0.6) is 0 Å². The third-order valence-corrected chi connectivity index (χ3v) is 6.63. The molecule has 1 saturated carbocycles. The fourth-order valence-electron chi connectivity index (χ4n) is 4.38. The van der Waals surface area contributed by atoms with Crippen molar-refractivity contribution in [3.8, 4) is 0 Å². The SMILES string of the molecule is CN(C1=NCCN1C(=S)Nc1cccc(Cl)c1)C1CCCCCCCCCCC1. The molecule has 1 aromatic carbocycles. The van der Waals surface area contributed by atoms with Crippen LogP contribution >= 0.6 is 23.8 Å². The van der Waals surface area contributed by atoms with Gasteiger partial charge in [0.15, 0.2) is 5.11 Å². The van der Waals surface area contributed by atoms with E-state index in [1.165, 1.54) is 70.6 Å². The zero-order valence-corrected chi connectivity index (χ0v) is 19.3. The lowest BCUT2D eigenvalue weighted by Crippen LogP contribution is -2.48. The monoisotopic (exact) mass is 434 g/mol. The number of nitrogens with one attached hydrogen (secondary N) is 1. The molecule has 0 atom stereocenters. The average molecular weight is 435 g/mol. The second-order valence-electron chi connectivity index (χ2n) is 8.30. The Morgan fingerprint density at radius 1 is 1.07 bits per heavy atom. The van der Waals surface area contributed by atoms with Crippen LogP contribution in [0.15, 0.2) is 29.3 Å². The van der Waals surface area contributed by atoms with Gasteiger partial charge < -0.3 is 10.2 Å². The summed E-state index contributed by atoms with van der Waals surface area (Å²) < 4.78 is 0. The van der Waals surface area contributed by atoms with Crippen LogP contribution in [0.1, 0.15) is 70.6 Å². The third-order valence-electron chi connectivity index (χ3n) is 6.08. The Morgan fingerprint density at radius 3 is 2.31 bits per heavy atom. The van der Waals surface area contributed by atoms with Crippen LogP contribution in [0.4, 0.5) is 5.69 Å². The van der Waals surface area contributed by atoms with E-state index in [2.05, 4.69) is 22.2 Å². The van der Waals surface area contributed by atoms with E-state index >= 15 is 0 Å². The van der Waals surface area contributed by atoms with Gasteiger partial charge in [0.25, 0.3) is 0 Å². The van der Waals surface area contributed by atoms with E-state index in [1.807, 2.05) is 24.3 Å². The minimum atomic E-state index is 0.544. The predicted molar refractivity (Wildman–Crippen MR) is 129 cm³/mol. The molecule has 1 fully saturated rings. The van der Waals surface area contributed by atoms with Gasteiger partial charge in [-0.05, 0) is 43.3 Å². The molecule has 0 unspecified atom stereocenters. The minimum Gasteiger partial charge on any atom is -0.343 e. The van der Waals surface area contributed by atoms with Crippen LogP contribution in [0.3, 0.4) is 0 Å². The third kappa shape index (κ3) is 6.85. The molecule has 0 aromatic heterocycles. The molecule has 3 rings (SSSR count). The van der Waals surface area contributed by atoms with Gasteiger partial charge in [-0.25, -0.2) is 0 Å².